The van der Waals surface area contributed by atoms with Crippen LogP contribution in [0.3, 0.4) is 0 Å². The second-order valence-electron chi connectivity index (χ2n) is 3.98. The minimum absolute atomic E-state index is 0.0337. The van der Waals surface area contributed by atoms with E-state index in [4.69, 9.17) is 39.1 Å². The number of ether oxygens (including phenoxy) is 1. The lowest BCUT2D eigenvalue weighted by Gasteiger charge is -2.09. The second kappa shape index (κ2) is 5.95. The molecule has 0 spiro atoms. The molecule has 0 aliphatic rings. The highest BCUT2D eigenvalue weighted by molar-refractivity contribution is 6.35. The van der Waals surface area contributed by atoms with Gasteiger partial charge < -0.3 is 10.5 Å². The average molecular weight is 295 g/mol. The molecule has 98 valence electrons. The highest BCUT2D eigenvalue weighted by Crippen LogP contribution is 2.28. The van der Waals surface area contributed by atoms with Gasteiger partial charge in [0, 0.05) is 10.6 Å². The SMILES string of the molecule is N=C(N)c1cccc(COc2ccc(Cl)cc2Cl)c1. The summed E-state index contributed by atoms with van der Waals surface area (Å²) >= 11 is 11.8. The van der Waals surface area contributed by atoms with Gasteiger partial charge in [-0.1, -0.05) is 41.4 Å². The van der Waals surface area contributed by atoms with Crippen molar-refractivity contribution in [2.24, 2.45) is 5.73 Å². The van der Waals surface area contributed by atoms with Crippen molar-refractivity contribution in [2.45, 2.75) is 6.61 Å². The lowest BCUT2D eigenvalue weighted by molar-refractivity contribution is 0.306. The lowest BCUT2D eigenvalue weighted by atomic mass is 10.1. The summed E-state index contributed by atoms with van der Waals surface area (Å²) in [5.74, 6) is 0.602. The molecule has 3 nitrogen and oxygen atoms in total. The Morgan fingerprint density at radius 3 is 2.63 bits per heavy atom. The first-order valence-corrected chi connectivity index (χ1v) is 6.33. The van der Waals surface area contributed by atoms with Crippen molar-refractivity contribution in [2.75, 3.05) is 0 Å². The molecule has 0 aromatic heterocycles. The van der Waals surface area contributed by atoms with Crippen LogP contribution >= 0.6 is 23.2 Å². The van der Waals surface area contributed by atoms with Gasteiger partial charge >= 0.3 is 0 Å². The molecule has 0 atom stereocenters. The van der Waals surface area contributed by atoms with Crippen LogP contribution in [0.2, 0.25) is 10.0 Å². The van der Waals surface area contributed by atoms with Crippen molar-refractivity contribution < 1.29 is 4.74 Å². The molecule has 0 radical (unpaired) electrons. The normalized spacial score (nSPS) is 10.2. The Bertz CT molecular complexity index is 614. The molecule has 5 heteroatoms. The van der Waals surface area contributed by atoms with Crippen LogP contribution < -0.4 is 10.5 Å². The van der Waals surface area contributed by atoms with E-state index in [1.165, 1.54) is 0 Å². The van der Waals surface area contributed by atoms with Crippen molar-refractivity contribution in [1.82, 2.24) is 0 Å². The standard InChI is InChI=1S/C14H12Cl2N2O/c15-11-4-5-13(12(16)7-11)19-8-9-2-1-3-10(6-9)14(17)18/h1-7H,8H2,(H3,17,18). The summed E-state index contributed by atoms with van der Waals surface area (Å²) in [7, 11) is 0. The van der Waals surface area contributed by atoms with Gasteiger partial charge in [-0.05, 0) is 29.8 Å². The molecule has 19 heavy (non-hydrogen) atoms. The first-order chi connectivity index (χ1) is 9.06. The predicted octanol–water partition coefficient (Wildman–Crippen LogP) is 3.86. The number of amidine groups is 1. The Kier molecular flexibility index (Phi) is 4.30. The molecular weight excluding hydrogens is 283 g/mol. The number of hydrogen-bond acceptors (Lipinski definition) is 2. The maximum atomic E-state index is 7.39. The summed E-state index contributed by atoms with van der Waals surface area (Å²) in [5, 5.41) is 8.42. The monoisotopic (exact) mass is 294 g/mol. The van der Waals surface area contributed by atoms with Crippen molar-refractivity contribution in [1.29, 1.82) is 5.41 Å². The van der Waals surface area contributed by atoms with Crippen LogP contribution in [0.1, 0.15) is 11.1 Å². The van der Waals surface area contributed by atoms with Crippen molar-refractivity contribution in [3.63, 3.8) is 0 Å². The van der Waals surface area contributed by atoms with Crippen LogP contribution in [-0.2, 0) is 6.61 Å². The van der Waals surface area contributed by atoms with E-state index in [-0.39, 0.29) is 5.84 Å². The maximum Gasteiger partial charge on any atom is 0.138 e. The molecule has 0 aliphatic heterocycles. The van der Waals surface area contributed by atoms with Gasteiger partial charge in [0.2, 0.25) is 0 Å². The summed E-state index contributed by atoms with van der Waals surface area (Å²) in [5.41, 5.74) is 7.02. The average Bonchev–Trinajstić information content (AvgIpc) is 2.38. The van der Waals surface area contributed by atoms with Crippen LogP contribution in [-0.4, -0.2) is 5.84 Å². The number of hydrogen-bond donors (Lipinski definition) is 2. The van der Waals surface area contributed by atoms with Crippen LogP contribution in [0.15, 0.2) is 42.5 Å². The summed E-state index contributed by atoms with van der Waals surface area (Å²) in [6, 6.07) is 12.4. The van der Waals surface area contributed by atoms with E-state index < -0.39 is 0 Å². The number of rotatable bonds is 4. The summed E-state index contributed by atoms with van der Waals surface area (Å²) in [6.07, 6.45) is 0. The van der Waals surface area contributed by atoms with Crippen molar-refractivity contribution in [3.05, 3.63) is 63.6 Å². The van der Waals surface area contributed by atoms with Gasteiger partial charge in [-0.2, -0.15) is 0 Å². The van der Waals surface area contributed by atoms with Crippen LogP contribution in [0.4, 0.5) is 0 Å². The van der Waals surface area contributed by atoms with Crippen molar-refractivity contribution in [3.8, 4) is 5.75 Å². The Balaban J connectivity index is 2.10. The van der Waals surface area contributed by atoms with Gasteiger partial charge in [-0.3, -0.25) is 5.41 Å². The number of nitrogen functional groups attached to an aromatic ring is 1. The van der Waals surface area contributed by atoms with E-state index >= 15 is 0 Å². The molecule has 2 aromatic carbocycles. The fraction of sp³-hybridized carbons (Fsp3) is 0.0714. The van der Waals surface area contributed by atoms with Gasteiger partial charge in [0.25, 0.3) is 0 Å². The van der Waals surface area contributed by atoms with Crippen LogP contribution in [0, 0.1) is 5.41 Å². The molecule has 0 aliphatic carbocycles. The first-order valence-electron chi connectivity index (χ1n) is 5.57. The van der Waals surface area contributed by atoms with E-state index in [1.807, 2.05) is 18.2 Å². The molecule has 2 aromatic rings. The molecule has 0 fully saturated rings. The van der Waals surface area contributed by atoms with Gasteiger partial charge in [-0.25, -0.2) is 0 Å². The maximum absolute atomic E-state index is 7.39. The smallest absolute Gasteiger partial charge is 0.138 e. The topological polar surface area (TPSA) is 59.1 Å². The zero-order chi connectivity index (χ0) is 13.8. The predicted molar refractivity (Wildman–Crippen MR) is 78.3 cm³/mol. The van der Waals surface area contributed by atoms with Crippen LogP contribution in [0.5, 0.6) is 5.75 Å². The molecule has 0 bridgehead atoms. The van der Waals surface area contributed by atoms with E-state index in [1.54, 1.807) is 24.3 Å². The number of benzene rings is 2. The molecule has 2 rings (SSSR count). The van der Waals surface area contributed by atoms with Gasteiger partial charge in [0.05, 0.1) is 5.02 Å². The number of nitrogens with one attached hydrogen (secondary N) is 1. The molecule has 0 amide bonds. The lowest BCUT2D eigenvalue weighted by Crippen LogP contribution is -2.11. The molecule has 0 saturated carbocycles. The molecular formula is C14H12Cl2N2O. The largest absolute Gasteiger partial charge is 0.487 e. The Morgan fingerprint density at radius 1 is 1.16 bits per heavy atom. The second-order valence-corrected chi connectivity index (χ2v) is 4.82. The quantitative estimate of drug-likeness (QED) is 0.664. The van der Waals surface area contributed by atoms with Gasteiger partial charge in [-0.15, -0.1) is 0 Å². The zero-order valence-corrected chi connectivity index (χ0v) is 11.5. The summed E-state index contributed by atoms with van der Waals surface area (Å²) in [6.45, 7) is 0.350. The highest BCUT2D eigenvalue weighted by Gasteiger charge is 2.04. The van der Waals surface area contributed by atoms with E-state index in [2.05, 4.69) is 0 Å². The van der Waals surface area contributed by atoms with Gasteiger partial charge in [0.1, 0.15) is 18.2 Å². The highest BCUT2D eigenvalue weighted by atomic mass is 35.5. The Morgan fingerprint density at radius 2 is 1.95 bits per heavy atom. The third-order valence-electron chi connectivity index (χ3n) is 2.53. The Labute approximate surface area is 121 Å². The summed E-state index contributed by atoms with van der Waals surface area (Å²) < 4.78 is 5.61. The van der Waals surface area contributed by atoms with Crippen LogP contribution in [0.25, 0.3) is 0 Å². The van der Waals surface area contributed by atoms with E-state index in [0.29, 0.717) is 28.0 Å². The fourth-order valence-corrected chi connectivity index (χ4v) is 2.05. The Hall–Kier alpha value is -1.71. The van der Waals surface area contributed by atoms with Gasteiger partial charge in [0.15, 0.2) is 0 Å². The summed E-state index contributed by atoms with van der Waals surface area (Å²) in [4.78, 5) is 0. The number of halogens is 2. The molecule has 0 saturated heterocycles. The third kappa shape index (κ3) is 3.63. The first kappa shape index (κ1) is 13.7. The van der Waals surface area contributed by atoms with Crippen molar-refractivity contribution >= 4 is 29.0 Å². The zero-order valence-electron chi connectivity index (χ0n) is 9.99. The molecule has 0 heterocycles. The fourth-order valence-electron chi connectivity index (χ4n) is 1.58. The molecule has 0 unspecified atom stereocenters. The number of nitrogens with two attached hydrogens (primary N) is 1. The third-order valence-corrected chi connectivity index (χ3v) is 3.06. The molecule has 3 N–H and O–H groups in total. The minimum atomic E-state index is 0.0337. The van der Waals surface area contributed by atoms with E-state index in [9.17, 15) is 0 Å². The minimum Gasteiger partial charge on any atom is -0.487 e. The van der Waals surface area contributed by atoms with E-state index in [0.717, 1.165) is 5.56 Å².